The maximum Gasteiger partial charge on any atom is 0.251 e. The molecule has 2 rings (SSSR count). The second kappa shape index (κ2) is 6.19. The number of carbonyl (C=O) groups is 1. The number of nitrogens with one attached hydrogen (secondary N) is 2. The highest BCUT2D eigenvalue weighted by Gasteiger charge is 2.28. The summed E-state index contributed by atoms with van der Waals surface area (Å²) in [5, 5.41) is 25.3. The van der Waals surface area contributed by atoms with Gasteiger partial charge in [0.2, 0.25) is 0 Å². The van der Waals surface area contributed by atoms with Gasteiger partial charge >= 0.3 is 0 Å². The molecule has 0 bridgehead atoms. The van der Waals surface area contributed by atoms with E-state index in [-0.39, 0.29) is 5.56 Å². The molecule has 0 atom stereocenters. The number of amides is 1. The van der Waals surface area contributed by atoms with Gasteiger partial charge in [0.1, 0.15) is 0 Å². The molecule has 1 fully saturated rings. The van der Waals surface area contributed by atoms with Crippen LogP contribution in [0, 0.1) is 5.82 Å². The molecule has 0 spiro atoms. The lowest BCUT2D eigenvalue weighted by Gasteiger charge is -2.32. The molecule has 1 saturated heterocycles. The lowest BCUT2D eigenvalue weighted by atomic mass is 9.89. The van der Waals surface area contributed by atoms with Gasteiger partial charge in [-0.1, -0.05) is 0 Å². The fourth-order valence-electron chi connectivity index (χ4n) is 2.31. The molecule has 0 aromatic heterocycles. The van der Waals surface area contributed by atoms with E-state index >= 15 is 0 Å². The van der Waals surface area contributed by atoms with Crippen LogP contribution in [0.15, 0.2) is 18.2 Å². The summed E-state index contributed by atoms with van der Waals surface area (Å²) >= 11 is 0. The van der Waals surface area contributed by atoms with Crippen LogP contribution in [0.3, 0.4) is 0 Å². The van der Waals surface area contributed by atoms with E-state index in [1.165, 1.54) is 6.07 Å². The average molecular weight is 282 g/mol. The number of phenolic OH excluding ortho intramolecular Hbond substituents is 1. The van der Waals surface area contributed by atoms with Crippen molar-refractivity contribution in [1.29, 1.82) is 0 Å². The largest absolute Gasteiger partial charge is 0.505 e. The summed E-state index contributed by atoms with van der Waals surface area (Å²) in [5.41, 5.74) is -0.537. The Hall–Kier alpha value is -1.66. The van der Waals surface area contributed by atoms with Crippen molar-refractivity contribution in [3.63, 3.8) is 0 Å². The molecule has 20 heavy (non-hydrogen) atoms. The molecular weight excluding hydrogens is 263 g/mol. The van der Waals surface area contributed by atoms with E-state index in [0.717, 1.165) is 25.2 Å². The number of benzene rings is 1. The van der Waals surface area contributed by atoms with Crippen molar-refractivity contribution in [3.05, 3.63) is 29.6 Å². The van der Waals surface area contributed by atoms with Crippen molar-refractivity contribution in [2.45, 2.75) is 24.9 Å². The molecule has 1 aliphatic heterocycles. The predicted molar refractivity (Wildman–Crippen MR) is 72.1 cm³/mol. The number of aromatic hydroxyl groups is 1. The van der Waals surface area contributed by atoms with E-state index in [0.29, 0.717) is 25.8 Å². The summed E-state index contributed by atoms with van der Waals surface area (Å²) < 4.78 is 12.9. The lowest BCUT2D eigenvalue weighted by Crippen LogP contribution is -2.44. The Kier molecular flexibility index (Phi) is 4.57. The first-order chi connectivity index (χ1) is 9.50. The molecule has 6 heteroatoms. The predicted octanol–water partition coefficient (Wildman–Crippen LogP) is 0.766. The van der Waals surface area contributed by atoms with Gasteiger partial charge in [0.25, 0.3) is 5.91 Å². The number of carbonyl (C=O) groups excluding carboxylic acids is 1. The van der Waals surface area contributed by atoms with E-state index in [4.69, 9.17) is 0 Å². The Balaban J connectivity index is 1.84. The summed E-state index contributed by atoms with van der Waals surface area (Å²) in [6.45, 7) is 1.89. The zero-order chi connectivity index (χ0) is 14.6. The number of rotatable bonds is 4. The Bertz CT molecular complexity index is 487. The zero-order valence-electron chi connectivity index (χ0n) is 11.2. The lowest BCUT2D eigenvalue weighted by molar-refractivity contribution is 0.00325. The van der Waals surface area contributed by atoms with E-state index in [2.05, 4.69) is 10.6 Å². The Morgan fingerprint density at radius 2 is 2.10 bits per heavy atom. The van der Waals surface area contributed by atoms with E-state index in [1.54, 1.807) is 0 Å². The average Bonchev–Trinajstić information content (AvgIpc) is 2.42. The quantitative estimate of drug-likeness (QED) is 0.657. The van der Waals surface area contributed by atoms with Crippen LogP contribution in [0.5, 0.6) is 5.75 Å². The van der Waals surface area contributed by atoms with Gasteiger partial charge < -0.3 is 20.8 Å². The highest BCUT2D eigenvalue weighted by molar-refractivity contribution is 5.94. The van der Waals surface area contributed by atoms with E-state index in [1.807, 2.05) is 0 Å². The molecule has 1 heterocycles. The van der Waals surface area contributed by atoms with Crippen LogP contribution < -0.4 is 10.6 Å². The smallest absolute Gasteiger partial charge is 0.251 e. The van der Waals surface area contributed by atoms with Gasteiger partial charge in [-0.3, -0.25) is 4.79 Å². The standard InChI is InChI=1S/C14H19FN2O3/c15-11-2-1-10(9-12(11)18)13(19)17-8-5-14(20)3-6-16-7-4-14/h1-2,9,16,18,20H,3-8H2,(H,17,19). The van der Waals surface area contributed by atoms with Crippen LogP contribution in [0.2, 0.25) is 0 Å². The summed E-state index contributed by atoms with van der Waals surface area (Å²) in [5.74, 6) is -1.70. The molecule has 0 aliphatic carbocycles. The fraction of sp³-hybridized carbons (Fsp3) is 0.500. The third-order valence-corrected chi connectivity index (χ3v) is 3.62. The fourth-order valence-corrected chi connectivity index (χ4v) is 2.31. The summed E-state index contributed by atoms with van der Waals surface area (Å²) in [6.07, 6.45) is 1.81. The maximum absolute atomic E-state index is 12.9. The highest BCUT2D eigenvalue weighted by atomic mass is 19.1. The zero-order valence-corrected chi connectivity index (χ0v) is 11.2. The van der Waals surface area contributed by atoms with Crippen molar-refractivity contribution < 1.29 is 19.4 Å². The van der Waals surface area contributed by atoms with Crippen LogP contribution in [0.25, 0.3) is 0 Å². The monoisotopic (exact) mass is 282 g/mol. The van der Waals surface area contributed by atoms with Gasteiger partial charge in [0, 0.05) is 12.1 Å². The van der Waals surface area contributed by atoms with Crippen molar-refractivity contribution in [1.82, 2.24) is 10.6 Å². The van der Waals surface area contributed by atoms with Crippen molar-refractivity contribution >= 4 is 5.91 Å². The molecule has 1 aliphatic rings. The Morgan fingerprint density at radius 3 is 2.75 bits per heavy atom. The summed E-state index contributed by atoms with van der Waals surface area (Å²) in [6, 6.07) is 3.44. The van der Waals surface area contributed by atoms with Crippen LogP contribution in [0.1, 0.15) is 29.6 Å². The Morgan fingerprint density at radius 1 is 1.40 bits per heavy atom. The van der Waals surface area contributed by atoms with Crippen molar-refractivity contribution in [2.24, 2.45) is 0 Å². The first-order valence-corrected chi connectivity index (χ1v) is 6.70. The third kappa shape index (κ3) is 3.68. The van der Waals surface area contributed by atoms with Gasteiger partial charge in [-0.2, -0.15) is 0 Å². The molecule has 0 unspecified atom stereocenters. The molecule has 0 radical (unpaired) electrons. The van der Waals surface area contributed by atoms with Crippen LogP contribution >= 0.6 is 0 Å². The minimum atomic E-state index is -0.759. The van der Waals surface area contributed by atoms with Gasteiger partial charge in [-0.15, -0.1) is 0 Å². The SMILES string of the molecule is O=C(NCCC1(O)CCNCC1)c1ccc(F)c(O)c1. The maximum atomic E-state index is 12.9. The summed E-state index contributed by atoms with van der Waals surface area (Å²) in [7, 11) is 0. The number of phenols is 1. The first-order valence-electron chi connectivity index (χ1n) is 6.70. The molecule has 5 nitrogen and oxygen atoms in total. The van der Waals surface area contributed by atoms with E-state index < -0.39 is 23.1 Å². The second-order valence-corrected chi connectivity index (χ2v) is 5.15. The van der Waals surface area contributed by atoms with Crippen LogP contribution in [-0.2, 0) is 0 Å². The molecule has 4 N–H and O–H groups in total. The molecule has 1 aromatic rings. The van der Waals surface area contributed by atoms with Crippen molar-refractivity contribution in [3.8, 4) is 5.75 Å². The molecule has 110 valence electrons. The van der Waals surface area contributed by atoms with Crippen LogP contribution in [-0.4, -0.2) is 41.4 Å². The second-order valence-electron chi connectivity index (χ2n) is 5.15. The third-order valence-electron chi connectivity index (χ3n) is 3.62. The molecule has 1 amide bonds. The van der Waals surface area contributed by atoms with Gasteiger partial charge in [-0.05, 0) is 50.6 Å². The van der Waals surface area contributed by atoms with Gasteiger partial charge in [0.15, 0.2) is 11.6 Å². The number of hydrogen-bond donors (Lipinski definition) is 4. The number of aliphatic hydroxyl groups is 1. The topological polar surface area (TPSA) is 81.6 Å². The summed E-state index contributed by atoms with van der Waals surface area (Å²) in [4.78, 5) is 11.8. The molecule has 1 aromatic carbocycles. The first kappa shape index (κ1) is 14.7. The normalized spacial score (nSPS) is 17.7. The van der Waals surface area contributed by atoms with E-state index in [9.17, 15) is 19.4 Å². The number of hydrogen-bond acceptors (Lipinski definition) is 4. The minimum Gasteiger partial charge on any atom is -0.505 e. The Labute approximate surface area is 116 Å². The van der Waals surface area contributed by atoms with Crippen LogP contribution in [0.4, 0.5) is 4.39 Å². The number of piperidine rings is 1. The van der Waals surface area contributed by atoms with Crippen molar-refractivity contribution in [2.75, 3.05) is 19.6 Å². The van der Waals surface area contributed by atoms with Gasteiger partial charge in [0.05, 0.1) is 5.60 Å². The van der Waals surface area contributed by atoms with Gasteiger partial charge in [-0.25, -0.2) is 4.39 Å². The molecular formula is C14H19FN2O3. The number of halogens is 1. The molecule has 0 saturated carbocycles. The minimum absolute atomic E-state index is 0.196. The highest BCUT2D eigenvalue weighted by Crippen LogP contribution is 2.21.